The third-order valence-electron chi connectivity index (χ3n) is 2.54. The Morgan fingerprint density at radius 1 is 1.42 bits per heavy atom. The highest BCUT2D eigenvalue weighted by atomic mass is 79.9. The third kappa shape index (κ3) is 5.65. The molecule has 7 heteroatoms. The van der Waals surface area contributed by atoms with E-state index in [0.29, 0.717) is 24.2 Å². The van der Waals surface area contributed by atoms with E-state index in [9.17, 15) is 10.1 Å². The zero-order chi connectivity index (χ0) is 14.3. The molecule has 0 fully saturated rings. The molecule has 1 rings (SSSR count). The smallest absolute Gasteiger partial charge is 0.270 e. The van der Waals surface area contributed by atoms with Gasteiger partial charge in [0.2, 0.25) is 0 Å². The molecule has 0 spiro atoms. The molecule has 1 unspecified atom stereocenters. The zero-order valence-corrected chi connectivity index (χ0v) is 12.5. The number of nitrogens with zero attached hydrogens (tertiary/aromatic N) is 1. The number of hydrogen-bond donors (Lipinski definition) is 1. The summed E-state index contributed by atoms with van der Waals surface area (Å²) in [4.78, 5) is 10.3. The molecule has 0 aliphatic rings. The lowest BCUT2D eigenvalue weighted by atomic mass is 10.2. The van der Waals surface area contributed by atoms with Gasteiger partial charge in [-0.2, -0.15) is 0 Å². The number of hydrogen-bond acceptors (Lipinski definition) is 5. The Morgan fingerprint density at radius 2 is 2.16 bits per heavy atom. The molecule has 0 saturated carbocycles. The average molecular weight is 333 g/mol. The second-order valence-corrected chi connectivity index (χ2v) is 4.93. The van der Waals surface area contributed by atoms with Crippen LogP contribution >= 0.6 is 15.9 Å². The highest BCUT2D eigenvalue weighted by Crippen LogP contribution is 2.21. The minimum atomic E-state index is -0.406. The minimum absolute atomic E-state index is 0.0351. The number of halogens is 1. The summed E-state index contributed by atoms with van der Waals surface area (Å²) in [5.41, 5.74) is 0.916. The first-order valence-corrected chi connectivity index (χ1v) is 6.52. The van der Waals surface area contributed by atoms with Gasteiger partial charge in [-0.15, -0.1) is 0 Å². The van der Waals surface area contributed by atoms with Crippen LogP contribution in [0.5, 0.6) is 0 Å². The van der Waals surface area contributed by atoms with Crippen molar-refractivity contribution in [1.29, 1.82) is 0 Å². The van der Waals surface area contributed by atoms with Crippen molar-refractivity contribution >= 4 is 21.6 Å². The van der Waals surface area contributed by atoms with Gasteiger partial charge >= 0.3 is 0 Å². The molecule has 0 aliphatic carbocycles. The first kappa shape index (κ1) is 16.0. The minimum Gasteiger partial charge on any atom is -0.382 e. The molecule has 0 amide bonds. The summed E-state index contributed by atoms with van der Waals surface area (Å²) in [6.07, 6.45) is -0.0351. The van der Waals surface area contributed by atoms with Crippen LogP contribution in [-0.4, -0.2) is 38.4 Å². The topological polar surface area (TPSA) is 73.6 Å². The Hall–Kier alpha value is -1.02. The van der Waals surface area contributed by atoms with Crippen LogP contribution in [0.4, 0.5) is 5.69 Å². The first-order valence-electron chi connectivity index (χ1n) is 5.73. The average Bonchev–Trinajstić information content (AvgIpc) is 2.37. The van der Waals surface area contributed by atoms with E-state index in [1.54, 1.807) is 20.3 Å². The van der Waals surface area contributed by atoms with Gasteiger partial charge in [0.05, 0.1) is 17.6 Å². The number of benzene rings is 1. The van der Waals surface area contributed by atoms with E-state index in [2.05, 4.69) is 21.2 Å². The fourth-order valence-corrected chi connectivity index (χ4v) is 2.14. The summed E-state index contributed by atoms with van der Waals surface area (Å²) in [5.74, 6) is 0. The van der Waals surface area contributed by atoms with Crippen molar-refractivity contribution in [1.82, 2.24) is 5.32 Å². The van der Waals surface area contributed by atoms with E-state index in [0.717, 1.165) is 5.56 Å². The van der Waals surface area contributed by atoms with Gasteiger partial charge in [0, 0.05) is 43.9 Å². The fourth-order valence-electron chi connectivity index (χ4n) is 1.61. The summed E-state index contributed by atoms with van der Waals surface area (Å²) in [6, 6.07) is 4.88. The van der Waals surface area contributed by atoms with Crippen molar-refractivity contribution in [3.05, 3.63) is 38.3 Å². The highest BCUT2D eigenvalue weighted by molar-refractivity contribution is 9.10. The van der Waals surface area contributed by atoms with Crippen molar-refractivity contribution < 1.29 is 14.4 Å². The van der Waals surface area contributed by atoms with Gasteiger partial charge in [0.1, 0.15) is 0 Å². The Labute approximate surface area is 120 Å². The maximum atomic E-state index is 10.7. The monoisotopic (exact) mass is 332 g/mol. The van der Waals surface area contributed by atoms with Gasteiger partial charge in [-0.1, -0.05) is 15.9 Å². The maximum absolute atomic E-state index is 10.7. The molecule has 1 N–H and O–H groups in total. The molecule has 0 saturated heterocycles. The molecule has 19 heavy (non-hydrogen) atoms. The summed E-state index contributed by atoms with van der Waals surface area (Å²) in [5, 5.41) is 13.9. The Balaban J connectivity index is 2.55. The molecule has 0 bridgehead atoms. The Kier molecular flexibility index (Phi) is 6.93. The van der Waals surface area contributed by atoms with Crippen LogP contribution in [0.3, 0.4) is 0 Å². The van der Waals surface area contributed by atoms with Crippen molar-refractivity contribution in [2.24, 2.45) is 0 Å². The van der Waals surface area contributed by atoms with Gasteiger partial charge in [0.15, 0.2) is 0 Å². The molecule has 0 aliphatic heterocycles. The van der Waals surface area contributed by atoms with E-state index in [1.165, 1.54) is 6.07 Å². The van der Waals surface area contributed by atoms with Crippen LogP contribution in [0.2, 0.25) is 0 Å². The number of nitrogens with one attached hydrogen (secondary N) is 1. The van der Waals surface area contributed by atoms with Gasteiger partial charge in [-0.05, 0) is 11.6 Å². The molecular formula is C12H17BrN2O4. The quantitative estimate of drug-likeness (QED) is 0.583. The van der Waals surface area contributed by atoms with E-state index < -0.39 is 4.92 Å². The van der Waals surface area contributed by atoms with Gasteiger partial charge in [0.25, 0.3) is 5.69 Å². The number of non-ortho nitro benzene ring substituents is 1. The predicted molar refractivity (Wildman–Crippen MR) is 75.2 cm³/mol. The molecule has 0 aromatic heterocycles. The van der Waals surface area contributed by atoms with Crippen LogP contribution in [0, 0.1) is 10.1 Å². The first-order chi connectivity index (χ1) is 9.06. The second kappa shape index (κ2) is 8.21. The SMILES string of the molecule is COCC(CNCc1cc(Br)cc([N+](=O)[O-])c1)OC. The van der Waals surface area contributed by atoms with E-state index in [4.69, 9.17) is 9.47 Å². The number of methoxy groups -OCH3 is 2. The number of nitro groups is 1. The molecule has 0 radical (unpaired) electrons. The lowest BCUT2D eigenvalue weighted by Gasteiger charge is -2.15. The second-order valence-electron chi connectivity index (χ2n) is 4.02. The Morgan fingerprint density at radius 3 is 2.74 bits per heavy atom. The van der Waals surface area contributed by atoms with Crippen molar-refractivity contribution in [3.8, 4) is 0 Å². The molecule has 106 valence electrons. The van der Waals surface area contributed by atoms with Gasteiger partial charge in [-0.25, -0.2) is 0 Å². The van der Waals surface area contributed by atoms with Crippen LogP contribution < -0.4 is 5.32 Å². The standard InChI is InChI=1S/C12H17BrN2O4/c1-18-8-12(19-2)7-14-6-9-3-10(13)5-11(4-9)15(16)17/h3-5,12,14H,6-8H2,1-2H3. The van der Waals surface area contributed by atoms with Crippen molar-refractivity contribution in [2.45, 2.75) is 12.6 Å². The fraction of sp³-hybridized carbons (Fsp3) is 0.500. The molecule has 6 nitrogen and oxygen atoms in total. The molecular weight excluding hydrogens is 316 g/mol. The zero-order valence-electron chi connectivity index (χ0n) is 10.9. The summed E-state index contributed by atoms with van der Waals surface area (Å²) >= 11 is 3.26. The molecule has 1 aromatic carbocycles. The van der Waals surface area contributed by atoms with Crippen molar-refractivity contribution in [3.63, 3.8) is 0 Å². The number of rotatable bonds is 8. The molecule has 0 heterocycles. The van der Waals surface area contributed by atoms with Crippen LogP contribution in [-0.2, 0) is 16.0 Å². The predicted octanol–water partition coefficient (Wildman–Crippen LogP) is 2.11. The Bertz CT molecular complexity index is 428. The van der Waals surface area contributed by atoms with E-state index in [-0.39, 0.29) is 11.8 Å². The molecule has 1 atom stereocenters. The van der Waals surface area contributed by atoms with Crippen LogP contribution in [0.15, 0.2) is 22.7 Å². The van der Waals surface area contributed by atoms with Crippen LogP contribution in [0.1, 0.15) is 5.56 Å². The van der Waals surface area contributed by atoms with Crippen molar-refractivity contribution in [2.75, 3.05) is 27.4 Å². The lowest BCUT2D eigenvalue weighted by molar-refractivity contribution is -0.385. The number of ether oxygens (including phenoxy) is 2. The third-order valence-corrected chi connectivity index (χ3v) is 3.00. The highest BCUT2D eigenvalue weighted by Gasteiger charge is 2.10. The lowest BCUT2D eigenvalue weighted by Crippen LogP contribution is -2.31. The normalized spacial score (nSPS) is 12.4. The summed E-state index contributed by atoms with van der Waals surface area (Å²) in [7, 11) is 3.24. The largest absolute Gasteiger partial charge is 0.382 e. The van der Waals surface area contributed by atoms with E-state index in [1.807, 2.05) is 6.07 Å². The molecule has 1 aromatic rings. The van der Waals surface area contributed by atoms with Gasteiger partial charge in [-0.3, -0.25) is 10.1 Å². The summed E-state index contributed by atoms with van der Waals surface area (Å²) < 4.78 is 10.9. The summed E-state index contributed by atoms with van der Waals surface area (Å²) in [6.45, 7) is 1.65. The van der Waals surface area contributed by atoms with Crippen LogP contribution in [0.25, 0.3) is 0 Å². The number of nitro benzene ring substituents is 1. The van der Waals surface area contributed by atoms with E-state index >= 15 is 0 Å². The van der Waals surface area contributed by atoms with Gasteiger partial charge < -0.3 is 14.8 Å². The maximum Gasteiger partial charge on any atom is 0.270 e.